The summed E-state index contributed by atoms with van der Waals surface area (Å²) in [7, 11) is 4.00. The van der Waals surface area contributed by atoms with Crippen molar-refractivity contribution in [3.05, 3.63) is 12.3 Å². The number of hydrogen-bond acceptors (Lipinski definition) is 5. The van der Waals surface area contributed by atoms with Crippen LogP contribution in [-0.2, 0) is 16.1 Å². The minimum absolute atomic E-state index is 0.214. The average molecular weight is 365 g/mol. The van der Waals surface area contributed by atoms with Crippen LogP contribution < -0.4 is 5.32 Å². The fourth-order valence-electron chi connectivity index (χ4n) is 2.81. The summed E-state index contributed by atoms with van der Waals surface area (Å²) in [6.07, 6.45) is 3.82. The molecule has 2 rings (SSSR count). The molecule has 8 heteroatoms. The number of ether oxygens (including phenoxy) is 1. The van der Waals surface area contributed by atoms with E-state index in [1.807, 2.05) is 41.1 Å². The van der Waals surface area contributed by atoms with Gasteiger partial charge in [0.25, 0.3) is 0 Å². The Kier molecular flexibility index (Phi) is 6.63. The summed E-state index contributed by atoms with van der Waals surface area (Å²) in [6.45, 7) is 7.61. The van der Waals surface area contributed by atoms with Crippen LogP contribution in [0.15, 0.2) is 12.3 Å². The summed E-state index contributed by atoms with van der Waals surface area (Å²) in [5.41, 5.74) is -0.583. The van der Waals surface area contributed by atoms with Crippen LogP contribution in [0.2, 0.25) is 0 Å². The van der Waals surface area contributed by atoms with Crippen molar-refractivity contribution in [2.24, 2.45) is 0 Å². The lowest BCUT2D eigenvalue weighted by molar-refractivity contribution is -0.122. The van der Waals surface area contributed by atoms with E-state index in [1.54, 1.807) is 10.7 Å². The first-order chi connectivity index (χ1) is 12.2. The standard InChI is InChI=1S/C18H31N5O3/c1-18(2,3)26-17(25)23-10-7-6-8-14(23)16(24)19-15-9-11-22(20-15)13-12-21(4)5/h9,11,14H,6-8,10,12-13H2,1-5H3,(H,19,20,24)/t14-/m1/s1. The van der Waals surface area contributed by atoms with Crippen molar-refractivity contribution in [3.63, 3.8) is 0 Å². The molecule has 2 amide bonds. The van der Waals surface area contributed by atoms with E-state index in [9.17, 15) is 9.59 Å². The highest BCUT2D eigenvalue weighted by Crippen LogP contribution is 2.21. The minimum Gasteiger partial charge on any atom is -0.444 e. The number of likely N-dealkylation sites (N-methyl/N-ethyl adjacent to an activating group) is 1. The minimum atomic E-state index is -0.583. The third kappa shape index (κ3) is 6.01. The third-order valence-corrected chi connectivity index (χ3v) is 4.10. The quantitative estimate of drug-likeness (QED) is 0.865. The van der Waals surface area contributed by atoms with Crippen LogP contribution in [0.25, 0.3) is 0 Å². The zero-order chi connectivity index (χ0) is 19.3. The smallest absolute Gasteiger partial charge is 0.410 e. The number of hydrogen-bond donors (Lipinski definition) is 1. The number of nitrogens with zero attached hydrogens (tertiary/aromatic N) is 4. The number of carbonyl (C=O) groups is 2. The fourth-order valence-corrected chi connectivity index (χ4v) is 2.81. The van der Waals surface area contributed by atoms with Gasteiger partial charge in [0.2, 0.25) is 5.91 Å². The number of likely N-dealkylation sites (tertiary alicyclic amines) is 1. The number of piperidine rings is 1. The van der Waals surface area contributed by atoms with Gasteiger partial charge in [-0.25, -0.2) is 4.79 Å². The van der Waals surface area contributed by atoms with Crippen LogP contribution in [0.3, 0.4) is 0 Å². The van der Waals surface area contributed by atoms with Gasteiger partial charge in [-0.3, -0.25) is 14.4 Å². The molecule has 1 aliphatic heterocycles. The van der Waals surface area contributed by atoms with E-state index in [0.717, 1.165) is 25.9 Å². The predicted octanol–water partition coefficient (Wildman–Crippen LogP) is 2.17. The molecule has 0 aromatic carbocycles. The zero-order valence-electron chi connectivity index (χ0n) is 16.5. The molecule has 0 saturated carbocycles. The monoisotopic (exact) mass is 365 g/mol. The van der Waals surface area contributed by atoms with E-state index >= 15 is 0 Å². The molecule has 0 spiro atoms. The van der Waals surface area contributed by atoms with Crippen molar-refractivity contribution < 1.29 is 14.3 Å². The van der Waals surface area contributed by atoms with Crippen molar-refractivity contribution in [1.82, 2.24) is 19.6 Å². The molecule has 26 heavy (non-hydrogen) atoms. The number of aromatic nitrogens is 2. The average Bonchev–Trinajstić information content (AvgIpc) is 2.98. The summed E-state index contributed by atoms with van der Waals surface area (Å²) in [5, 5.41) is 7.20. The Balaban J connectivity index is 1.98. The second kappa shape index (κ2) is 8.53. The number of amides is 2. The van der Waals surface area contributed by atoms with Crippen LogP contribution in [0.1, 0.15) is 40.0 Å². The lowest BCUT2D eigenvalue weighted by atomic mass is 10.0. The van der Waals surface area contributed by atoms with Gasteiger partial charge in [-0.15, -0.1) is 0 Å². The number of rotatable bonds is 5. The van der Waals surface area contributed by atoms with E-state index in [4.69, 9.17) is 4.74 Å². The molecule has 2 heterocycles. The highest BCUT2D eigenvalue weighted by atomic mass is 16.6. The van der Waals surface area contributed by atoms with Crippen molar-refractivity contribution in [1.29, 1.82) is 0 Å². The molecule has 1 aromatic rings. The second-order valence-corrected chi connectivity index (χ2v) is 7.94. The van der Waals surface area contributed by atoms with Crippen molar-refractivity contribution >= 4 is 17.8 Å². The van der Waals surface area contributed by atoms with E-state index in [2.05, 4.69) is 15.3 Å². The Bertz CT molecular complexity index is 621. The Hall–Kier alpha value is -2.09. The van der Waals surface area contributed by atoms with Gasteiger partial charge in [0.15, 0.2) is 5.82 Å². The van der Waals surface area contributed by atoms with E-state index < -0.39 is 17.7 Å². The molecule has 1 fully saturated rings. The SMILES string of the molecule is CN(C)CCn1ccc(NC(=O)[C@H]2CCCCN2C(=O)OC(C)(C)C)n1. The molecule has 8 nitrogen and oxygen atoms in total. The van der Waals surface area contributed by atoms with Gasteiger partial charge in [0.05, 0.1) is 6.54 Å². The molecule has 1 aliphatic rings. The molecule has 0 bridgehead atoms. The lowest BCUT2D eigenvalue weighted by Gasteiger charge is -2.35. The first-order valence-corrected chi connectivity index (χ1v) is 9.14. The summed E-state index contributed by atoms with van der Waals surface area (Å²) < 4.78 is 7.24. The molecule has 0 radical (unpaired) electrons. The van der Waals surface area contributed by atoms with Gasteiger partial charge >= 0.3 is 6.09 Å². The Morgan fingerprint density at radius 2 is 2.08 bits per heavy atom. The molecule has 146 valence electrons. The number of anilines is 1. The maximum absolute atomic E-state index is 12.7. The highest BCUT2D eigenvalue weighted by molar-refractivity contribution is 5.96. The van der Waals surface area contributed by atoms with Crippen LogP contribution in [0, 0.1) is 0 Å². The summed E-state index contributed by atoms with van der Waals surface area (Å²) in [6, 6.07) is 1.25. The maximum atomic E-state index is 12.7. The fraction of sp³-hybridized carbons (Fsp3) is 0.722. The predicted molar refractivity (Wildman–Crippen MR) is 100.0 cm³/mol. The molecule has 0 aliphatic carbocycles. The Morgan fingerprint density at radius 1 is 1.35 bits per heavy atom. The molecule has 1 aromatic heterocycles. The topological polar surface area (TPSA) is 79.7 Å². The van der Waals surface area contributed by atoms with Crippen LogP contribution in [0.4, 0.5) is 10.6 Å². The molecule has 1 saturated heterocycles. The van der Waals surface area contributed by atoms with Crippen molar-refractivity contribution in [2.75, 3.05) is 32.5 Å². The van der Waals surface area contributed by atoms with Gasteiger partial charge in [-0.2, -0.15) is 5.10 Å². The molecule has 0 unspecified atom stereocenters. The summed E-state index contributed by atoms with van der Waals surface area (Å²) >= 11 is 0. The van der Waals surface area contributed by atoms with Gasteiger partial charge in [-0.05, 0) is 54.1 Å². The molecular weight excluding hydrogens is 334 g/mol. The van der Waals surface area contributed by atoms with Crippen molar-refractivity contribution in [2.45, 2.75) is 58.2 Å². The lowest BCUT2D eigenvalue weighted by Crippen LogP contribution is -2.51. The molecular formula is C18H31N5O3. The second-order valence-electron chi connectivity index (χ2n) is 7.94. The largest absolute Gasteiger partial charge is 0.444 e. The van der Waals surface area contributed by atoms with Gasteiger partial charge in [0, 0.05) is 25.4 Å². The van der Waals surface area contributed by atoms with Gasteiger partial charge < -0.3 is 15.0 Å². The zero-order valence-corrected chi connectivity index (χ0v) is 16.5. The van der Waals surface area contributed by atoms with Crippen molar-refractivity contribution in [3.8, 4) is 0 Å². The Morgan fingerprint density at radius 3 is 2.73 bits per heavy atom. The molecule has 1 N–H and O–H groups in total. The van der Waals surface area contributed by atoms with Gasteiger partial charge in [0.1, 0.15) is 11.6 Å². The third-order valence-electron chi connectivity index (χ3n) is 4.10. The highest BCUT2D eigenvalue weighted by Gasteiger charge is 2.35. The van der Waals surface area contributed by atoms with Crippen LogP contribution in [-0.4, -0.2) is 70.4 Å². The normalized spacial score (nSPS) is 18.1. The summed E-state index contributed by atoms with van der Waals surface area (Å²) in [4.78, 5) is 28.7. The Labute approximate surface area is 155 Å². The van der Waals surface area contributed by atoms with E-state index in [0.29, 0.717) is 18.8 Å². The van der Waals surface area contributed by atoms with E-state index in [1.165, 1.54) is 4.90 Å². The van der Waals surface area contributed by atoms with E-state index in [-0.39, 0.29) is 5.91 Å². The van der Waals surface area contributed by atoms with Crippen LogP contribution >= 0.6 is 0 Å². The van der Waals surface area contributed by atoms with Crippen LogP contribution in [0.5, 0.6) is 0 Å². The first-order valence-electron chi connectivity index (χ1n) is 9.14. The molecule has 1 atom stereocenters. The van der Waals surface area contributed by atoms with Gasteiger partial charge in [-0.1, -0.05) is 0 Å². The first kappa shape index (κ1) is 20.2. The summed E-state index contributed by atoms with van der Waals surface area (Å²) in [5.74, 6) is 0.289. The number of carbonyl (C=O) groups excluding carboxylic acids is 2. The number of nitrogens with one attached hydrogen (secondary N) is 1. The maximum Gasteiger partial charge on any atom is 0.410 e.